The third-order valence-electron chi connectivity index (χ3n) is 4.71. The van der Waals surface area contributed by atoms with Crippen LogP contribution in [0.5, 0.6) is 0 Å². The van der Waals surface area contributed by atoms with Crippen LogP contribution in [0, 0.1) is 0 Å². The number of nitrogens with one attached hydrogen (secondary N) is 1. The maximum Gasteiger partial charge on any atom is 0.416 e. The van der Waals surface area contributed by atoms with Crippen molar-refractivity contribution in [3.05, 3.63) is 65.2 Å². The zero-order chi connectivity index (χ0) is 20.5. The van der Waals surface area contributed by atoms with Crippen molar-refractivity contribution >= 4 is 17.5 Å². The monoisotopic (exact) mass is 394 g/mol. The fourth-order valence-corrected chi connectivity index (χ4v) is 3.25. The Morgan fingerprint density at radius 3 is 2.36 bits per heavy atom. The Morgan fingerprint density at radius 2 is 1.75 bits per heavy atom. The number of halogens is 4. The van der Waals surface area contributed by atoms with E-state index in [-0.39, 0.29) is 18.5 Å². The van der Waals surface area contributed by atoms with Crippen LogP contribution in [-0.2, 0) is 12.7 Å². The minimum absolute atomic E-state index is 0.0308. The first-order valence-electron chi connectivity index (χ1n) is 8.74. The first kappa shape index (κ1) is 19.9. The maximum atomic E-state index is 14.6. The second-order valence-corrected chi connectivity index (χ2v) is 6.48. The molecule has 1 N–H and O–H groups in total. The standard InChI is InChI=1S/C20H18F4N2O2/c1-2-15-17(21)18(27)14-5-3-4-6-16(14)26(15)19(28)25-11-12-7-9-13(10-8-12)20(22,23)24/h3-10,15,17H,2,11H2,1H3,(H,25,28)/t15-,17-/m0/s1. The Morgan fingerprint density at radius 1 is 1.11 bits per heavy atom. The molecule has 0 unspecified atom stereocenters. The molecule has 28 heavy (non-hydrogen) atoms. The molecular formula is C20H18F4N2O2. The number of fused-ring (bicyclic) bond motifs is 1. The smallest absolute Gasteiger partial charge is 0.334 e. The molecule has 0 bridgehead atoms. The normalized spacial score (nSPS) is 19.3. The summed E-state index contributed by atoms with van der Waals surface area (Å²) in [6.07, 6.45) is -6.04. The molecule has 0 saturated heterocycles. The predicted molar refractivity (Wildman–Crippen MR) is 95.9 cm³/mol. The summed E-state index contributed by atoms with van der Waals surface area (Å²) in [4.78, 5) is 26.2. The quantitative estimate of drug-likeness (QED) is 0.765. The molecule has 2 aromatic carbocycles. The van der Waals surface area contributed by atoms with E-state index in [0.29, 0.717) is 11.3 Å². The lowest BCUT2D eigenvalue weighted by molar-refractivity contribution is -0.137. The molecule has 2 amide bonds. The van der Waals surface area contributed by atoms with Gasteiger partial charge in [-0.1, -0.05) is 31.2 Å². The lowest BCUT2D eigenvalue weighted by atomic mass is 9.91. The van der Waals surface area contributed by atoms with Gasteiger partial charge >= 0.3 is 12.2 Å². The molecule has 0 aliphatic carbocycles. The Kier molecular flexibility index (Phi) is 5.40. The number of hydrogen-bond donors (Lipinski definition) is 1. The van der Waals surface area contributed by atoms with Gasteiger partial charge in [-0.05, 0) is 36.2 Å². The van der Waals surface area contributed by atoms with Crippen molar-refractivity contribution in [3.63, 3.8) is 0 Å². The fraction of sp³-hybridized carbons (Fsp3) is 0.300. The maximum absolute atomic E-state index is 14.6. The number of urea groups is 1. The lowest BCUT2D eigenvalue weighted by Gasteiger charge is -2.37. The Labute approximate surface area is 159 Å². The van der Waals surface area contributed by atoms with Gasteiger partial charge in [0.25, 0.3) is 0 Å². The highest BCUT2D eigenvalue weighted by Crippen LogP contribution is 2.33. The summed E-state index contributed by atoms with van der Waals surface area (Å²) in [6, 6.07) is 9.11. The number of para-hydroxylation sites is 1. The third kappa shape index (κ3) is 3.72. The van der Waals surface area contributed by atoms with Crippen LogP contribution in [0.25, 0.3) is 0 Å². The van der Waals surface area contributed by atoms with Crippen LogP contribution >= 0.6 is 0 Å². The highest BCUT2D eigenvalue weighted by Gasteiger charge is 2.42. The number of anilines is 1. The van der Waals surface area contributed by atoms with Crippen molar-refractivity contribution in [3.8, 4) is 0 Å². The topological polar surface area (TPSA) is 49.4 Å². The second-order valence-electron chi connectivity index (χ2n) is 6.48. The zero-order valence-corrected chi connectivity index (χ0v) is 15.0. The third-order valence-corrected chi connectivity index (χ3v) is 4.71. The minimum atomic E-state index is -4.43. The summed E-state index contributed by atoms with van der Waals surface area (Å²) < 4.78 is 52.5. The molecule has 0 spiro atoms. The van der Waals surface area contributed by atoms with Crippen molar-refractivity contribution in [1.29, 1.82) is 0 Å². The van der Waals surface area contributed by atoms with Gasteiger partial charge in [-0.2, -0.15) is 13.2 Å². The average molecular weight is 394 g/mol. The summed E-state index contributed by atoms with van der Waals surface area (Å²) in [6.45, 7) is 1.64. The van der Waals surface area contributed by atoms with Crippen LogP contribution in [-0.4, -0.2) is 24.0 Å². The number of Topliss-reactive ketones (excluding diaryl/α,β-unsaturated/α-hetero) is 1. The number of carbonyl (C=O) groups excluding carboxylic acids is 2. The van der Waals surface area contributed by atoms with Crippen molar-refractivity contribution in [1.82, 2.24) is 5.32 Å². The molecule has 0 saturated carbocycles. The van der Waals surface area contributed by atoms with E-state index in [0.717, 1.165) is 12.1 Å². The van der Waals surface area contributed by atoms with E-state index in [2.05, 4.69) is 5.32 Å². The highest BCUT2D eigenvalue weighted by atomic mass is 19.4. The van der Waals surface area contributed by atoms with Crippen LogP contribution in [0.2, 0.25) is 0 Å². The van der Waals surface area contributed by atoms with Crippen LogP contribution < -0.4 is 10.2 Å². The van der Waals surface area contributed by atoms with E-state index >= 15 is 0 Å². The highest BCUT2D eigenvalue weighted by molar-refractivity contribution is 6.11. The van der Waals surface area contributed by atoms with E-state index in [4.69, 9.17) is 0 Å². The summed E-state index contributed by atoms with van der Waals surface area (Å²) in [5.41, 5.74) is 0.132. The zero-order valence-electron chi connectivity index (χ0n) is 15.0. The van der Waals surface area contributed by atoms with Crippen molar-refractivity contribution in [2.45, 2.75) is 38.3 Å². The van der Waals surface area contributed by atoms with Gasteiger partial charge in [-0.15, -0.1) is 0 Å². The number of ketones is 1. The average Bonchev–Trinajstić information content (AvgIpc) is 2.68. The number of rotatable bonds is 3. The molecule has 3 rings (SSSR count). The largest absolute Gasteiger partial charge is 0.416 e. The molecular weight excluding hydrogens is 376 g/mol. The first-order valence-corrected chi connectivity index (χ1v) is 8.74. The number of alkyl halides is 4. The Hall–Kier alpha value is -2.90. The number of amides is 2. The number of hydrogen-bond acceptors (Lipinski definition) is 2. The second kappa shape index (κ2) is 7.61. The van der Waals surface area contributed by atoms with E-state index in [1.54, 1.807) is 25.1 Å². The predicted octanol–water partition coefficient (Wildman–Crippen LogP) is 4.73. The number of carbonyl (C=O) groups is 2. The van der Waals surface area contributed by atoms with Gasteiger partial charge in [-0.25, -0.2) is 9.18 Å². The van der Waals surface area contributed by atoms with Gasteiger partial charge in [0.2, 0.25) is 5.78 Å². The summed E-state index contributed by atoms with van der Waals surface area (Å²) in [7, 11) is 0. The molecule has 1 aliphatic heterocycles. The summed E-state index contributed by atoms with van der Waals surface area (Å²) >= 11 is 0. The molecule has 148 valence electrons. The molecule has 0 fully saturated rings. The van der Waals surface area contributed by atoms with Crippen molar-refractivity contribution in [2.24, 2.45) is 0 Å². The Bertz CT molecular complexity index is 881. The van der Waals surface area contributed by atoms with E-state index in [1.807, 2.05) is 0 Å². The number of nitrogens with zero attached hydrogens (tertiary/aromatic N) is 1. The molecule has 0 radical (unpaired) electrons. The van der Waals surface area contributed by atoms with E-state index in [9.17, 15) is 27.2 Å². The lowest BCUT2D eigenvalue weighted by Crippen LogP contribution is -2.55. The molecule has 1 heterocycles. The van der Waals surface area contributed by atoms with Gasteiger partial charge in [0.05, 0.1) is 17.3 Å². The molecule has 8 heteroatoms. The van der Waals surface area contributed by atoms with Crippen molar-refractivity contribution in [2.75, 3.05) is 4.90 Å². The van der Waals surface area contributed by atoms with Crippen LogP contribution in [0.3, 0.4) is 0 Å². The van der Waals surface area contributed by atoms with Gasteiger partial charge in [0, 0.05) is 12.1 Å². The molecule has 4 nitrogen and oxygen atoms in total. The van der Waals surface area contributed by atoms with Gasteiger partial charge < -0.3 is 5.32 Å². The summed E-state index contributed by atoms with van der Waals surface area (Å²) in [5, 5.41) is 2.60. The van der Waals surface area contributed by atoms with Crippen LogP contribution in [0.4, 0.5) is 28.0 Å². The number of benzene rings is 2. The van der Waals surface area contributed by atoms with Gasteiger partial charge in [0.1, 0.15) is 0 Å². The molecule has 2 atom stereocenters. The van der Waals surface area contributed by atoms with Gasteiger partial charge in [-0.3, -0.25) is 9.69 Å². The SMILES string of the molecule is CC[C@H]1[C@H](F)C(=O)c2ccccc2N1C(=O)NCc1ccc(C(F)(F)F)cc1. The van der Waals surface area contributed by atoms with Crippen LogP contribution in [0.1, 0.15) is 34.8 Å². The van der Waals surface area contributed by atoms with Crippen molar-refractivity contribution < 1.29 is 27.2 Å². The molecule has 0 aromatic heterocycles. The summed E-state index contributed by atoms with van der Waals surface area (Å²) in [5.74, 6) is -0.658. The molecule has 2 aromatic rings. The van der Waals surface area contributed by atoms with E-state index < -0.39 is 35.8 Å². The first-order chi connectivity index (χ1) is 13.2. The van der Waals surface area contributed by atoms with Crippen LogP contribution in [0.15, 0.2) is 48.5 Å². The Balaban J connectivity index is 1.79. The van der Waals surface area contributed by atoms with E-state index in [1.165, 1.54) is 23.1 Å². The fourth-order valence-electron chi connectivity index (χ4n) is 3.25. The minimum Gasteiger partial charge on any atom is -0.334 e. The van der Waals surface area contributed by atoms with Gasteiger partial charge in [0.15, 0.2) is 6.17 Å². The molecule has 1 aliphatic rings.